The number of hydrogen-bond donors (Lipinski definition) is 0. The van der Waals surface area contributed by atoms with E-state index >= 15 is 8.63 Å². The van der Waals surface area contributed by atoms with Crippen LogP contribution in [0.15, 0.2) is 90.7 Å². The summed E-state index contributed by atoms with van der Waals surface area (Å²) in [7, 11) is 0. The number of anilines is 1. The Morgan fingerprint density at radius 1 is 0.923 bits per heavy atom. The molecule has 1 aliphatic carbocycles. The molecule has 4 rings (SSSR count). The van der Waals surface area contributed by atoms with Crippen LogP contribution >= 0.6 is 0 Å². The van der Waals surface area contributed by atoms with Crippen molar-refractivity contribution in [2.45, 2.75) is 13.5 Å². The molecule has 2 nitrogen and oxygen atoms in total. The van der Waals surface area contributed by atoms with E-state index in [4.69, 9.17) is 0 Å². The number of rotatable bonds is 3. The molecule has 0 aromatic heterocycles. The number of halogens is 2. The molecular formula is C21H19BF2N2. The van der Waals surface area contributed by atoms with E-state index in [9.17, 15) is 0 Å². The zero-order chi connectivity index (χ0) is 18.1. The topological polar surface area (TPSA) is 6.25 Å². The third-order valence-electron chi connectivity index (χ3n) is 4.76. The first-order valence-corrected chi connectivity index (χ1v) is 8.69. The molecule has 5 heteroatoms. The molecule has 0 N–H and O–H groups in total. The summed E-state index contributed by atoms with van der Waals surface area (Å²) in [6, 6.07) is 16.6. The van der Waals surface area contributed by atoms with Crippen molar-refractivity contribution >= 4 is 18.4 Å². The van der Waals surface area contributed by atoms with Gasteiger partial charge in [-0.15, -0.1) is 0 Å². The SMILES string of the molecule is Cc1ccc(N2C3=CC=CC=CC3=[N+](Cc3ccccc3)[B-]2(F)F)cc1. The Balaban J connectivity index is 1.84. The lowest BCUT2D eigenvalue weighted by molar-refractivity contribution is -0.434. The molecule has 0 saturated carbocycles. The molecule has 0 bridgehead atoms. The van der Waals surface area contributed by atoms with Crippen LogP contribution in [0.1, 0.15) is 11.1 Å². The summed E-state index contributed by atoms with van der Waals surface area (Å²) in [5.74, 6) is 0. The monoisotopic (exact) mass is 348 g/mol. The van der Waals surface area contributed by atoms with Crippen LogP contribution in [-0.4, -0.2) is 17.2 Å². The van der Waals surface area contributed by atoms with Crippen molar-refractivity contribution in [1.29, 1.82) is 0 Å². The number of allylic oxidation sites excluding steroid dienone is 5. The van der Waals surface area contributed by atoms with Gasteiger partial charge in [0, 0.05) is 17.3 Å². The molecule has 0 radical (unpaired) electrons. The second-order valence-corrected chi connectivity index (χ2v) is 6.59. The molecule has 2 aromatic carbocycles. The lowest BCUT2D eigenvalue weighted by atomic mass is 9.92. The van der Waals surface area contributed by atoms with Gasteiger partial charge >= 0.3 is 6.97 Å². The minimum atomic E-state index is -3.95. The summed E-state index contributed by atoms with van der Waals surface area (Å²) in [6.07, 6.45) is 9.00. The Hall–Kier alpha value is -2.95. The van der Waals surface area contributed by atoms with Crippen molar-refractivity contribution in [3.05, 3.63) is 102 Å². The van der Waals surface area contributed by atoms with Crippen LogP contribution in [0.3, 0.4) is 0 Å². The van der Waals surface area contributed by atoms with E-state index in [2.05, 4.69) is 0 Å². The van der Waals surface area contributed by atoms with Crippen molar-refractivity contribution in [2.24, 2.45) is 0 Å². The Morgan fingerprint density at radius 3 is 2.38 bits per heavy atom. The summed E-state index contributed by atoms with van der Waals surface area (Å²) < 4.78 is 32.4. The Kier molecular flexibility index (Phi) is 4.07. The zero-order valence-electron chi connectivity index (χ0n) is 14.5. The summed E-state index contributed by atoms with van der Waals surface area (Å²) in [4.78, 5) is 1.18. The molecule has 0 atom stereocenters. The van der Waals surface area contributed by atoms with Gasteiger partial charge in [-0.3, -0.25) is 0 Å². The smallest absolute Gasteiger partial charge is 0.390 e. The standard InChI is InChI=1S/C21H19BF2N2/c1-17-12-14-19(15-13-17)26-21-11-7-3-6-10-20(21)25(22(26,23)24)16-18-8-4-2-5-9-18/h2-15H,16H2,1H3. The summed E-state index contributed by atoms with van der Waals surface area (Å²) in [5.41, 5.74) is 3.48. The number of hydrogen-bond acceptors (Lipinski definition) is 1. The van der Waals surface area contributed by atoms with Crippen LogP contribution < -0.4 is 4.81 Å². The quantitative estimate of drug-likeness (QED) is 0.719. The van der Waals surface area contributed by atoms with E-state index in [1.54, 1.807) is 30.4 Å². The molecule has 2 aliphatic rings. The normalized spacial score (nSPS) is 18.0. The maximum absolute atomic E-state index is 15.6. The number of benzene rings is 2. The molecule has 130 valence electrons. The van der Waals surface area contributed by atoms with Crippen molar-refractivity contribution < 1.29 is 13.1 Å². The molecule has 0 fully saturated rings. The third kappa shape index (κ3) is 2.79. The van der Waals surface area contributed by atoms with Gasteiger partial charge in [0.05, 0.1) is 5.70 Å². The molecule has 0 amide bonds. The average Bonchev–Trinajstić information content (AvgIpc) is 2.79. The van der Waals surface area contributed by atoms with Crippen molar-refractivity contribution in [2.75, 3.05) is 4.81 Å². The average molecular weight is 348 g/mol. The summed E-state index contributed by atoms with van der Waals surface area (Å²) >= 11 is 0. The van der Waals surface area contributed by atoms with E-state index in [0.717, 1.165) is 11.1 Å². The largest absolute Gasteiger partial charge is 0.732 e. The molecular weight excluding hydrogens is 329 g/mol. The lowest BCUT2D eigenvalue weighted by Crippen LogP contribution is -2.50. The highest BCUT2D eigenvalue weighted by Crippen LogP contribution is 2.36. The van der Waals surface area contributed by atoms with E-state index in [-0.39, 0.29) is 6.54 Å². The predicted molar refractivity (Wildman–Crippen MR) is 103 cm³/mol. The Bertz CT molecular complexity index is 942. The number of fused-ring (bicyclic) bond motifs is 1. The van der Waals surface area contributed by atoms with Crippen LogP contribution in [-0.2, 0) is 6.54 Å². The maximum atomic E-state index is 15.6. The predicted octanol–water partition coefficient (Wildman–Crippen LogP) is 4.85. The van der Waals surface area contributed by atoms with Gasteiger partial charge in [0.25, 0.3) is 0 Å². The zero-order valence-corrected chi connectivity index (χ0v) is 14.5. The maximum Gasteiger partial charge on any atom is 0.732 e. The van der Waals surface area contributed by atoms with Crippen molar-refractivity contribution in [3.8, 4) is 0 Å². The van der Waals surface area contributed by atoms with Gasteiger partial charge in [0.1, 0.15) is 6.54 Å². The first-order valence-electron chi connectivity index (χ1n) is 8.69. The fourth-order valence-electron chi connectivity index (χ4n) is 3.45. The Morgan fingerprint density at radius 2 is 1.65 bits per heavy atom. The molecule has 1 aliphatic heterocycles. The fraction of sp³-hybridized carbons (Fsp3) is 0.0952. The highest BCUT2D eigenvalue weighted by Gasteiger charge is 2.57. The van der Waals surface area contributed by atoms with E-state index in [1.165, 1.54) is 9.30 Å². The van der Waals surface area contributed by atoms with Crippen LogP contribution in [0.5, 0.6) is 0 Å². The molecule has 0 spiro atoms. The molecule has 2 aromatic rings. The second kappa shape index (κ2) is 6.41. The Labute approximate surface area is 152 Å². The minimum absolute atomic E-state index is 0.160. The van der Waals surface area contributed by atoms with Gasteiger partial charge in [0.15, 0.2) is 5.71 Å². The second-order valence-electron chi connectivity index (χ2n) is 6.59. The van der Waals surface area contributed by atoms with E-state index in [0.29, 0.717) is 17.1 Å². The van der Waals surface area contributed by atoms with Crippen LogP contribution in [0.25, 0.3) is 0 Å². The van der Waals surface area contributed by atoms with Crippen molar-refractivity contribution in [1.82, 2.24) is 0 Å². The first-order chi connectivity index (χ1) is 12.6. The third-order valence-corrected chi connectivity index (χ3v) is 4.76. The number of nitrogens with zero attached hydrogens (tertiary/aromatic N) is 2. The van der Waals surface area contributed by atoms with Crippen LogP contribution in [0.4, 0.5) is 14.3 Å². The highest BCUT2D eigenvalue weighted by molar-refractivity contribution is 6.67. The van der Waals surface area contributed by atoms with Gasteiger partial charge in [-0.05, 0) is 25.1 Å². The fourth-order valence-corrected chi connectivity index (χ4v) is 3.45. The van der Waals surface area contributed by atoms with E-state index in [1.807, 2.05) is 61.5 Å². The van der Waals surface area contributed by atoms with Gasteiger partial charge in [-0.2, -0.15) is 0 Å². The van der Waals surface area contributed by atoms with Gasteiger partial charge in [-0.1, -0.05) is 66.3 Å². The van der Waals surface area contributed by atoms with Crippen molar-refractivity contribution in [3.63, 3.8) is 0 Å². The van der Waals surface area contributed by atoms with Gasteiger partial charge in [-0.25, -0.2) is 0 Å². The van der Waals surface area contributed by atoms with Gasteiger partial charge < -0.3 is 17.9 Å². The molecule has 0 unspecified atom stereocenters. The summed E-state index contributed by atoms with van der Waals surface area (Å²) in [5, 5.41) is 0. The van der Waals surface area contributed by atoms with Crippen LogP contribution in [0, 0.1) is 6.92 Å². The first kappa shape index (κ1) is 16.5. The minimum Gasteiger partial charge on any atom is -0.390 e. The molecule has 26 heavy (non-hydrogen) atoms. The highest BCUT2D eigenvalue weighted by atomic mass is 19.2. The lowest BCUT2D eigenvalue weighted by Gasteiger charge is -2.30. The molecule has 1 heterocycles. The van der Waals surface area contributed by atoms with Gasteiger partial charge in [0.2, 0.25) is 0 Å². The molecule has 0 saturated heterocycles. The van der Waals surface area contributed by atoms with E-state index < -0.39 is 6.97 Å². The number of aryl methyl sites for hydroxylation is 1. The van der Waals surface area contributed by atoms with Crippen LogP contribution in [0.2, 0.25) is 0 Å². The summed E-state index contributed by atoms with van der Waals surface area (Å²) in [6.45, 7) is -1.84.